The van der Waals surface area contributed by atoms with Gasteiger partial charge < -0.3 is 4.74 Å². The normalized spacial score (nSPS) is 11.0. The van der Waals surface area contributed by atoms with Crippen molar-refractivity contribution in [3.8, 4) is 28.0 Å². The van der Waals surface area contributed by atoms with Crippen LogP contribution in [0.5, 0.6) is 5.75 Å². The quantitative estimate of drug-likeness (QED) is 0.373. The maximum atomic E-state index is 14.8. The standard InChI is InChI=1S/C25H20F2O/c1-3-16-4-5-19-13-20(7-6-18(19)12-16)21-14-23(26)25(24(27)15-21)17-8-10-22(28-2)11-9-17/h4-15H,3H2,1-2H3. The van der Waals surface area contributed by atoms with Crippen LogP contribution in [0.25, 0.3) is 33.0 Å². The molecule has 140 valence electrons. The lowest BCUT2D eigenvalue weighted by Crippen LogP contribution is -1.93. The predicted molar refractivity (Wildman–Crippen MR) is 111 cm³/mol. The second-order valence-electron chi connectivity index (χ2n) is 6.79. The van der Waals surface area contributed by atoms with Crippen molar-refractivity contribution < 1.29 is 13.5 Å². The number of ether oxygens (including phenoxy) is 1. The summed E-state index contributed by atoms with van der Waals surface area (Å²) in [5.74, 6) is -0.522. The Bertz CT molecular complexity index is 1120. The lowest BCUT2D eigenvalue weighted by molar-refractivity contribution is 0.415. The molecule has 3 heteroatoms. The van der Waals surface area contributed by atoms with Crippen LogP contribution in [0.4, 0.5) is 8.78 Å². The zero-order chi connectivity index (χ0) is 19.7. The third kappa shape index (κ3) is 3.36. The van der Waals surface area contributed by atoms with E-state index in [0.717, 1.165) is 22.8 Å². The van der Waals surface area contributed by atoms with E-state index in [9.17, 15) is 8.78 Å². The molecule has 0 saturated heterocycles. The summed E-state index contributed by atoms with van der Waals surface area (Å²) in [6.07, 6.45) is 0.973. The molecule has 0 aliphatic rings. The van der Waals surface area contributed by atoms with Gasteiger partial charge in [-0.15, -0.1) is 0 Å². The largest absolute Gasteiger partial charge is 0.497 e. The van der Waals surface area contributed by atoms with E-state index in [1.54, 1.807) is 31.4 Å². The van der Waals surface area contributed by atoms with Crippen LogP contribution in [0.2, 0.25) is 0 Å². The average Bonchev–Trinajstić information content (AvgIpc) is 2.73. The van der Waals surface area contributed by atoms with Crippen molar-refractivity contribution in [2.45, 2.75) is 13.3 Å². The summed E-state index contributed by atoms with van der Waals surface area (Å²) in [6, 6.07) is 21.6. The molecule has 0 fully saturated rings. The summed E-state index contributed by atoms with van der Waals surface area (Å²) in [5, 5.41) is 2.17. The molecule has 0 saturated carbocycles. The fraction of sp³-hybridized carbons (Fsp3) is 0.120. The first kappa shape index (κ1) is 18.2. The molecule has 0 spiro atoms. The minimum absolute atomic E-state index is 0.0280. The van der Waals surface area contributed by atoms with Crippen LogP contribution in [-0.4, -0.2) is 7.11 Å². The summed E-state index contributed by atoms with van der Waals surface area (Å²) in [4.78, 5) is 0. The number of aryl methyl sites for hydroxylation is 1. The number of methoxy groups -OCH3 is 1. The molecular formula is C25H20F2O. The minimum atomic E-state index is -0.582. The minimum Gasteiger partial charge on any atom is -0.497 e. The second-order valence-corrected chi connectivity index (χ2v) is 6.79. The van der Waals surface area contributed by atoms with E-state index < -0.39 is 11.6 Å². The van der Waals surface area contributed by atoms with Crippen LogP contribution < -0.4 is 4.74 Å². The highest BCUT2D eigenvalue weighted by molar-refractivity contribution is 5.88. The van der Waals surface area contributed by atoms with E-state index in [-0.39, 0.29) is 5.56 Å². The molecule has 4 rings (SSSR count). The maximum Gasteiger partial charge on any atom is 0.134 e. The number of rotatable bonds is 4. The molecule has 0 heterocycles. The molecular weight excluding hydrogens is 354 g/mol. The van der Waals surface area contributed by atoms with Crippen LogP contribution in [0, 0.1) is 11.6 Å². The number of hydrogen-bond acceptors (Lipinski definition) is 1. The first-order valence-electron chi connectivity index (χ1n) is 9.25. The molecule has 0 unspecified atom stereocenters. The first-order chi connectivity index (χ1) is 13.6. The number of fused-ring (bicyclic) bond motifs is 1. The number of hydrogen-bond donors (Lipinski definition) is 0. The fourth-order valence-corrected chi connectivity index (χ4v) is 3.47. The van der Waals surface area contributed by atoms with Crippen LogP contribution in [-0.2, 0) is 6.42 Å². The van der Waals surface area contributed by atoms with Gasteiger partial charge in [-0.1, -0.05) is 49.4 Å². The van der Waals surface area contributed by atoms with Crippen molar-refractivity contribution in [1.82, 2.24) is 0 Å². The Hall–Kier alpha value is -3.20. The van der Waals surface area contributed by atoms with E-state index in [1.165, 1.54) is 17.7 Å². The summed E-state index contributed by atoms with van der Waals surface area (Å²) < 4.78 is 34.7. The highest BCUT2D eigenvalue weighted by Crippen LogP contribution is 2.33. The zero-order valence-corrected chi connectivity index (χ0v) is 15.8. The van der Waals surface area contributed by atoms with Gasteiger partial charge in [0.25, 0.3) is 0 Å². The Morgan fingerprint density at radius 2 is 1.29 bits per heavy atom. The van der Waals surface area contributed by atoms with Crippen LogP contribution in [0.15, 0.2) is 72.8 Å². The molecule has 0 aliphatic carbocycles. The molecule has 0 bridgehead atoms. The maximum absolute atomic E-state index is 14.8. The van der Waals surface area contributed by atoms with Crippen molar-refractivity contribution in [2.75, 3.05) is 7.11 Å². The molecule has 4 aromatic rings. The van der Waals surface area contributed by atoms with Gasteiger partial charge in [0.1, 0.15) is 17.4 Å². The Morgan fingerprint density at radius 3 is 1.93 bits per heavy atom. The van der Waals surface area contributed by atoms with Crippen molar-refractivity contribution in [3.05, 3.63) is 90.0 Å². The first-order valence-corrected chi connectivity index (χ1v) is 9.25. The molecule has 28 heavy (non-hydrogen) atoms. The molecule has 4 aromatic carbocycles. The van der Waals surface area contributed by atoms with Crippen molar-refractivity contribution in [2.24, 2.45) is 0 Å². The second kappa shape index (κ2) is 7.43. The lowest BCUT2D eigenvalue weighted by atomic mass is 9.96. The summed E-state index contributed by atoms with van der Waals surface area (Å²) in [5.41, 5.74) is 3.03. The van der Waals surface area contributed by atoms with Gasteiger partial charge in [-0.05, 0) is 69.8 Å². The predicted octanol–water partition coefficient (Wildman–Crippen LogP) is 7.02. The fourth-order valence-electron chi connectivity index (χ4n) is 3.47. The Balaban J connectivity index is 1.75. The molecule has 0 atom stereocenters. The number of halogens is 2. The monoisotopic (exact) mass is 374 g/mol. The lowest BCUT2D eigenvalue weighted by Gasteiger charge is -2.10. The van der Waals surface area contributed by atoms with Crippen LogP contribution in [0.3, 0.4) is 0 Å². The van der Waals surface area contributed by atoms with Crippen molar-refractivity contribution in [3.63, 3.8) is 0 Å². The van der Waals surface area contributed by atoms with Crippen molar-refractivity contribution in [1.29, 1.82) is 0 Å². The Kier molecular flexibility index (Phi) is 4.82. The summed E-state index contributed by atoms with van der Waals surface area (Å²) in [6.45, 7) is 2.12. The molecule has 0 aromatic heterocycles. The molecule has 0 radical (unpaired) electrons. The Morgan fingerprint density at radius 1 is 0.679 bits per heavy atom. The van der Waals surface area contributed by atoms with Crippen LogP contribution >= 0.6 is 0 Å². The molecule has 0 aliphatic heterocycles. The third-order valence-corrected chi connectivity index (χ3v) is 5.07. The van der Waals surface area contributed by atoms with Gasteiger partial charge in [-0.3, -0.25) is 0 Å². The Labute approximate surface area is 163 Å². The van der Waals surface area contributed by atoms with Gasteiger partial charge in [-0.25, -0.2) is 8.78 Å². The zero-order valence-electron chi connectivity index (χ0n) is 15.8. The van der Waals surface area contributed by atoms with E-state index in [0.29, 0.717) is 16.9 Å². The van der Waals surface area contributed by atoms with Crippen molar-refractivity contribution >= 4 is 10.8 Å². The average molecular weight is 374 g/mol. The van der Waals surface area contributed by atoms with E-state index in [1.807, 2.05) is 18.2 Å². The summed E-state index contributed by atoms with van der Waals surface area (Å²) >= 11 is 0. The highest BCUT2D eigenvalue weighted by atomic mass is 19.1. The SMILES string of the molecule is CCc1ccc2cc(-c3cc(F)c(-c4ccc(OC)cc4)c(F)c3)ccc2c1. The van der Waals surface area contributed by atoms with Gasteiger partial charge in [0.05, 0.1) is 12.7 Å². The van der Waals surface area contributed by atoms with Gasteiger partial charge >= 0.3 is 0 Å². The molecule has 0 N–H and O–H groups in total. The van der Waals surface area contributed by atoms with E-state index in [4.69, 9.17) is 4.74 Å². The van der Waals surface area contributed by atoms with Gasteiger partial charge in [-0.2, -0.15) is 0 Å². The topological polar surface area (TPSA) is 9.23 Å². The summed E-state index contributed by atoms with van der Waals surface area (Å²) in [7, 11) is 1.55. The van der Waals surface area contributed by atoms with Gasteiger partial charge in [0.15, 0.2) is 0 Å². The molecule has 0 amide bonds. The van der Waals surface area contributed by atoms with Gasteiger partial charge in [0.2, 0.25) is 0 Å². The van der Waals surface area contributed by atoms with Crippen LogP contribution in [0.1, 0.15) is 12.5 Å². The molecule has 1 nitrogen and oxygen atoms in total. The highest BCUT2D eigenvalue weighted by Gasteiger charge is 2.14. The smallest absolute Gasteiger partial charge is 0.134 e. The van der Waals surface area contributed by atoms with E-state index in [2.05, 4.69) is 25.1 Å². The number of benzene rings is 4. The van der Waals surface area contributed by atoms with E-state index >= 15 is 0 Å². The third-order valence-electron chi connectivity index (χ3n) is 5.07. The van der Waals surface area contributed by atoms with Gasteiger partial charge in [0, 0.05) is 0 Å².